The molecule has 15 heteroatoms. The Balaban J connectivity index is 0.000000188. The molecule has 0 bridgehead atoms. The number of nitrogens with zero attached hydrogens (tertiary/aromatic N) is 2. The molecular formula is C54H43BrN4O10. The maximum Gasteiger partial charge on any atom is 0.341 e. The number of benzene rings is 7. The maximum atomic E-state index is 13.1. The van der Waals surface area contributed by atoms with Crippen molar-refractivity contribution < 1.29 is 48.5 Å². The second kappa shape index (κ2) is 19.7. The number of carbonyl (C=O) groups is 6. The van der Waals surface area contributed by atoms with Crippen LogP contribution in [-0.2, 0) is 32.3 Å². The number of Topliss-reactive ketones (excluding diaryl/α,β-unsaturated/α-hetero) is 2. The van der Waals surface area contributed by atoms with Gasteiger partial charge >= 0.3 is 11.9 Å². The molecule has 14 nitrogen and oxygen atoms in total. The van der Waals surface area contributed by atoms with Crippen molar-refractivity contribution in [3.63, 3.8) is 0 Å². The topological polar surface area (TPSA) is 223 Å². The molecule has 2 aromatic heterocycles. The number of aliphatic carboxylic acids is 2. The Morgan fingerprint density at radius 1 is 0.536 bits per heavy atom. The number of fused-ring (bicyclic) bond motifs is 4. The summed E-state index contributed by atoms with van der Waals surface area (Å²) < 4.78 is 16.2. The first-order valence-corrected chi connectivity index (χ1v) is 22.3. The van der Waals surface area contributed by atoms with Crippen LogP contribution in [0.3, 0.4) is 0 Å². The Morgan fingerprint density at radius 3 is 1.41 bits per heavy atom. The van der Waals surface area contributed by atoms with Crippen LogP contribution in [0.25, 0.3) is 54.5 Å². The zero-order valence-corrected chi connectivity index (χ0v) is 38.8. The fourth-order valence-corrected chi connectivity index (χ4v) is 9.21. The number of carboxylic acids is 2. The third-order valence-electron chi connectivity index (χ3n) is 11.9. The first-order valence-electron chi connectivity index (χ1n) is 21.5. The van der Waals surface area contributed by atoms with Crippen LogP contribution >= 0.6 is 15.9 Å². The van der Waals surface area contributed by atoms with E-state index in [4.69, 9.17) is 20.9 Å². The predicted octanol–water partition coefficient (Wildman–Crippen LogP) is 8.99. The Labute approximate surface area is 402 Å². The van der Waals surface area contributed by atoms with Crippen LogP contribution in [0.1, 0.15) is 43.2 Å². The van der Waals surface area contributed by atoms with Gasteiger partial charge in [-0.25, -0.2) is 9.59 Å². The van der Waals surface area contributed by atoms with Crippen molar-refractivity contribution in [1.29, 1.82) is 0 Å². The van der Waals surface area contributed by atoms with Gasteiger partial charge in [0.25, 0.3) is 23.4 Å². The van der Waals surface area contributed by atoms with Crippen molar-refractivity contribution in [3.8, 4) is 22.6 Å². The molecule has 69 heavy (non-hydrogen) atoms. The quantitative estimate of drug-likeness (QED) is 0.0564. The lowest BCUT2D eigenvalue weighted by Crippen LogP contribution is -2.24. The average molecular weight is 988 g/mol. The van der Waals surface area contributed by atoms with Gasteiger partial charge in [-0.05, 0) is 65.1 Å². The zero-order valence-electron chi connectivity index (χ0n) is 37.2. The standard InChI is InChI=1S/C30H24N2O5.C24H19BrN2O5/c1-18-26(28(35)30(31)36)27-24(15-20-11-5-8-14-23(20)29(27)37-17-25(33)34)32(18)16-21-12-6-7-13-22(21)19-9-3-2-4-10-19;1-13-20(22(30)24(26)31)21-18(27(13)11-15-7-3-5-9-17(15)25)10-14-6-2-4-8-16(14)23(21)32-12-19(28)29/h2-15H,16-17H2,1H3,(H2,31,36)(H,33,34);2-10H,11-12H2,1H3,(H2,26,31)(H,28,29). The van der Waals surface area contributed by atoms with Crippen LogP contribution in [0.2, 0.25) is 0 Å². The van der Waals surface area contributed by atoms with Gasteiger partial charge in [-0.1, -0.05) is 137 Å². The van der Waals surface area contributed by atoms with Gasteiger partial charge in [-0.3, -0.25) is 19.2 Å². The molecular weight excluding hydrogens is 945 g/mol. The lowest BCUT2D eigenvalue weighted by Gasteiger charge is -2.15. The van der Waals surface area contributed by atoms with Crippen LogP contribution in [0, 0.1) is 13.8 Å². The third-order valence-corrected chi connectivity index (χ3v) is 12.6. The summed E-state index contributed by atoms with van der Waals surface area (Å²) in [6.45, 7) is 3.10. The first-order chi connectivity index (χ1) is 33.2. The van der Waals surface area contributed by atoms with Crippen molar-refractivity contribution in [2.45, 2.75) is 26.9 Å². The minimum Gasteiger partial charge on any atom is -0.481 e. The molecule has 2 amide bonds. The smallest absolute Gasteiger partial charge is 0.341 e. The van der Waals surface area contributed by atoms with E-state index in [0.29, 0.717) is 57.1 Å². The minimum atomic E-state index is -1.16. The molecule has 6 N–H and O–H groups in total. The van der Waals surface area contributed by atoms with Crippen LogP contribution in [-0.4, -0.2) is 67.9 Å². The van der Waals surface area contributed by atoms with Crippen LogP contribution < -0.4 is 20.9 Å². The summed E-state index contributed by atoms with van der Waals surface area (Å²) in [5.74, 6) is -5.73. The Kier molecular flexibility index (Phi) is 13.4. The number of amides is 2. The Morgan fingerprint density at radius 2 is 0.942 bits per heavy atom. The fraction of sp³-hybridized carbons (Fsp3) is 0.111. The highest BCUT2D eigenvalue weighted by atomic mass is 79.9. The second-order valence-electron chi connectivity index (χ2n) is 16.1. The lowest BCUT2D eigenvalue weighted by molar-refractivity contribution is -0.140. The molecule has 0 atom stereocenters. The third kappa shape index (κ3) is 9.27. The molecule has 0 radical (unpaired) electrons. The number of aromatic nitrogens is 2. The fourth-order valence-electron chi connectivity index (χ4n) is 8.80. The van der Waals surface area contributed by atoms with E-state index in [9.17, 15) is 39.0 Å². The number of nitrogens with two attached hydrogens (primary N) is 2. The lowest BCUT2D eigenvalue weighted by atomic mass is 9.99. The Hall–Kier alpha value is -8.56. The molecule has 9 aromatic rings. The molecule has 0 aliphatic heterocycles. The van der Waals surface area contributed by atoms with Gasteiger partial charge in [-0.15, -0.1) is 0 Å². The predicted molar refractivity (Wildman–Crippen MR) is 266 cm³/mol. The van der Waals surface area contributed by atoms with E-state index in [1.165, 1.54) is 0 Å². The van der Waals surface area contributed by atoms with E-state index >= 15 is 0 Å². The molecule has 0 fully saturated rings. The van der Waals surface area contributed by atoms with E-state index in [2.05, 4.69) is 15.9 Å². The van der Waals surface area contributed by atoms with Gasteiger partial charge in [0.15, 0.2) is 13.2 Å². The minimum absolute atomic E-state index is 0.116. The zero-order chi connectivity index (χ0) is 49.1. The molecule has 7 aromatic carbocycles. The summed E-state index contributed by atoms with van der Waals surface area (Å²) in [7, 11) is 0. The SMILES string of the molecule is Cc1c(C(=O)C(N)=O)c2c(OCC(=O)O)c3ccccc3cc2n1Cc1ccccc1-c1ccccc1.Cc1c(C(=O)C(N)=O)c2c(OCC(=O)O)c3ccccc3cc2n1Cc1ccccc1Br. The van der Waals surface area contributed by atoms with Gasteiger partial charge in [0.1, 0.15) is 11.5 Å². The summed E-state index contributed by atoms with van der Waals surface area (Å²) in [4.78, 5) is 72.6. The molecule has 0 saturated carbocycles. The molecule has 0 aliphatic carbocycles. The second-order valence-corrected chi connectivity index (χ2v) is 17.0. The number of halogens is 1. The van der Waals surface area contributed by atoms with Crippen LogP contribution in [0.4, 0.5) is 0 Å². The highest BCUT2D eigenvalue weighted by Gasteiger charge is 2.30. The maximum absolute atomic E-state index is 13.1. The van der Waals surface area contributed by atoms with E-state index in [1.54, 1.807) is 38.1 Å². The largest absolute Gasteiger partial charge is 0.481 e. The number of carboxylic acid groups (broad SMARTS) is 2. The van der Waals surface area contributed by atoms with Gasteiger partial charge in [0, 0.05) is 39.7 Å². The van der Waals surface area contributed by atoms with E-state index in [-0.39, 0.29) is 22.6 Å². The van der Waals surface area contributed by atoms with Crippen molar-refractivity contribution in [3.05, 3.63) is 178 Å². The number of primary amides is 2. The normalized spacial score (nSPS) is 11.1. The number of rotatable bonds is 15. The summed E-state index contributed by atoms with van der Waals surface area (Å²) in [6, 6.07) is 44.2. The molecule has 0 saturated heterocycles. The summed E-state index contributed by atoms with van der Waals surface area (Å²) in [6.07, 6.45) is 0. The van der Waals surface area contributed by atoms with E-state index < -0.39 is 48.5 Å². The number of hydrogen-bond donors (Lipinski definition) is 4. The van der Waals surface area contributed by atoms with Crippen LogP contribution in [0.5, 0.6) is 11.5 Å². The van der Waals surface area contributed by atoms with E-state index in [0.717, 1.165) is 37.5 Å². The highest BCUT2D eigenvalue weighted by molar-refractivity contribution is 9.10. The van der Waals surface area contributed by atoms with Crippen molar-refractivity contribution >= 4 is 94.6 Å². The van der Waals surface area contributed by atoms with E-state index in [1.807, 2.05) is 124 Å². The molecule has 346 valence electrons. The number of ether oxygens (including phenoxy) is 2. The summed E-state index contributed by atoms with van der Waals surface area (Å²) in [5, 5.41) is 22.1. The molecule has 0 unspecified atom stereocenters. The number of ketones is 2. The van der Waals surface area contributed by atoms with Crippen molar-refractivity contribution in [2.24, 2.45) is 11.5 Å². The number of hydrogen-bond acceptors (Lipinski definition) is 8. The molecule has 2 heterocycles. The van der Waals surface area contributed by atoms with Crippen molar-refractivity contribution in [2.75, 3.05) is 13.2 Å². The number of carbonyl (C=O) groups excluding carboxylic acids is 4. The van der Waals surface area contributed by atoms with Gasteiger partial charge in [0.05, 0.1) is 32.9 Å². The monoisotopic (exact) mass is 986 g/mol. The van der Waals surface area contributed by atoms with Crippen LogP contribution in [0.15, 0.2) is 144 Å². The summed E-state index contributed by atoms with van der Waals surface area (Å²) >= 11 is 3.55. The van der Waals surface area contributed by atoms with Crippen molar-refractivity contribution in [1.82, 2.24) is 9.13 Å². The van der Waals surface area contributed by atoms with Gasteiger partial charge < -0.3 is 40.3 Å². The Bertz CT molecular complexity index is 3560. The molecule has 0 spiro atoms. The highest BCUT2D eigenvalue weighted by Crippen LogP contribution is 2.42. The molecule has 0 aliphatic rings. The first kappa shape index (κ1) is 47.0. The summed E-state index contributed by atoms with van der Waals surface area (Å²) in [5.41, 5.74) is 17.5. The molecule has 9 rings (SSSR count). The van der Waals surface area contributed by atoms with Gasteiger partial charge in [-0.2, -0.15) is 0 Å². The van der Waals surface area contributed by atoms with Gasteiger partial charge in [0.2, 0.25) is 0 Å². The average Bonchev–Trinajstić information content (AvgIpc) is 3.77.